The molecule has 0 saturated carbocycles. The van der Waals surface area contributed by atoms with Crippen molar-refractivity contribution in [2.45, 2.75) is 13.0 Å². The van der Waals surface area contributed by atoms with Gasteiger partial charge in [-0.25, -0.2) is 4.79 Å². The van der Waals surface area contributed by atoms with E-state index in [4.69, 9.17) is 9.47 Å². The lowest BCUT2D eigenvalue weighted by Gasteiger charge is -2.24. The zero-order valence-corrected chi connectivity index (χ0v) is 9.55. The molecule has 0 unspecified atom stereocenters. The van der Waals surface area contributed by atoms with Crippen LogP contribution in [0.1, 0.15) is 12.5 Å². The molecule has 0 amide bonds. The van der Waals surface area contributed by atoms with E-state index in [1.165, 1.54) is 0 Å². The Kier molecular flexibility index (Phi) is 3.44. The molecule has 0 spiro atoms. The van der Waals surface area contributed by atoms with E-state index in [-0.39, 0.29) is 6.61 Å². The van der Waals surface area contributed by atoms with Gasteiger partial charge in [0.05, 0.1) is 13.2 Å². The molecule has 0 saturated heterocycles. The van der Waals surface area contributed by atoms with Gasteiger partial charge in [0, 0.05) is 11.1 Å². The highest BCUT2D eigenvalue weighted by Crippen LogP contribution is 2.29. The molecule has 4 nitrogen and oxygen atoms in total. The first-order valence-electron chi connectivity index (χ1n) is 5.50. The fourth-order valence-corrected chi connectivity index (χ4v) is 1.73. The van der Waals surface area contributed by atoms with E-state index in [0.29, 0.717) is 17.9 Å². The van der Waals surface area contributed by atoms with Gasteiger partial charge in [0.15, 0.2) is 0 Å². The maximum absolute atomic E-state index is 11.7. The number of fused-ring (bicyclic) bond motifs is 1. The van der Waals surface area contributed by atoms with E-state index in [9.17, 15) is 9.90 Å². The molecular weight excluding hydrogens is 220 g/mol. The highest BCUT2D eigenvalue weighted by atomic mass is 16.6. The molecule has 0 radical (unpaired) electrons. The molecule has 2 rings (SSSR count). The summed E-state index contributed by atoms with van der Waals surface area (Å²) in [7, 11) is 0. The Hall–Kier alpha value is -1.81. The Labute approximate surface area is 99.5 Å². The van der Waals surface area contributed by atoms with Crippen LogP contribution in [-0.4, -0.2) is 30.4 Å². The van der Waals surface area contributed by atoms with Crippen molar-refractivity contribution in [2.24, 2.45) is 0 Å². The minimum atomic E-state index is -0.838. The van der Waals surface area contributed by atoms with Gasteiger partial charge in [-0.3, -0.25) is 0 Å². The van der Waals surface area contributed by atoms with E-state index in [0.717, 1.165) is 5.56 Å². The quantitative estimate of drug-likeness (QED) is 0.803. The number of carbonyl (C=O) groups is 1. The van der Waals surface area contributed by atoms with Gasteiger partial charge < -0.3 is 14.6 Å². The molecule has 1 aliphatic heterocycles. The van der Waals surface area contributed by atoms with Crippen LogP contribution in [0.5, 0.6) is 5.75 Å². The van der Waals surface area contributed by atoms with Crippen molar-refractivity contribution in [3.05, 3.63) is 35.4 Å². The predicted molar refractivity (Wildman–Crippen MR) is 62.6 cm³/mol. The molecule has 1 N–H and O–H groups in total. The smallest absolute Gasteiger partial charge is 0.351 e. The topological polar surface area (TPSA) is 55.8 Å². The Morgan fingerprint density at radius 3 is 2.94 bits per heavy atom. The monoisotopic (exact) mass is 234 g/mol. The Balaban J connectivity index is 2.30. The van der Waals surface area contributed by atoms with Gasteiger partial charge >= 0.3 is 5.97 Å². The number of aliphatic hydroxyl groups excluding tert-OH is 1. The molecule has 0 fully saturated rings. The molecule has 1 aliphatic rings. The van der Waals surface area contributed by atoms with E-state index >= 15 is 0 Å². The van der Waals surface area contributed by atoms with E-state index in [1.807, 2.05) is 18.2 Å². The normalized spacial score (nSPS) is 17.8. The number of hydrogen-bond acceptors (Lipinski definition) is 4. The number of esters is 1. The standard InChI is InChI=1S/C13H14O4/c1-2-16-13(15)12-10(8-14)7-9-5-3-4-6-11(9)17-12/h3-7,12,14H,2,8H2,1H3/t12-/m1/s1. The molecule has 4 heteroatoms. The molecule has 1 aromatic carbocycles. The summed E-state index contributed by atoms with van der Waals surface area (Å²) in [6.45, 7) is 1.80. The van der Waals surface area contributed by atoms with Gasteiger partial charge in [0.25, 0.3) is 0 Å². The zero-order valence-electron chi connectivity index (χ0n) is 9.55. The van der Waals surface area contributed by atoms with Crippen LogP contribution in [0.2, 0.25) is 0 Å². The largest absolute Gasteiger partial charge is 0.474 e. The summed E-state index contributed by atoms with van der Waals surface area (Å²) in [5, 5.41) is 9.25. The van der Waals surface area contributed by atoms with Crippen molar-refractivity contribution < 1.29 is 19.4 Å². The van der Waals surface area contributed by atoms with Crippen molar-refractivity contribution >= 4 is 12.0 Å². The van der Waals surface area contributed by atoms with E-state index in [1.54, 1.807) is 19.1 Å². The lowest BCUT2D eigenvalue weighted by atomic mass is 10.0. The van der Waals surface area contributed by atoms with Crippen molar-refractivity contribution in [3.8, 4) is 5.75 Å². The van der Waals surface area contributed by atoms with Crippen LogP contribution in [0, 0.1) is 0 Å². The SMILES string of the molecule is CCOC(=O)[C@@H]1Oc2ccccc2C=C1CO. The van der Waals surface area contributed by atoms with Gasteiger partial charge in [-0.05, 0) is 19.1 Å². The van der Waals surface area contributed by atoms with Gasteiger partial charge in [-0.15, -0.1) is 0 Å². The third-order valence-electron chi connectivity index (χ3n) is 2.52. The first-order valence-corrected chi connectivity index (χ1v) is 5.50. The molecule has 90 valence electrons. The van der Waals surface area contributed by atoms with Crippen molar-refractivity contribution in [3.63, 3.8) is 0 Å². The lowest BCUT2D eigenvalue weighted by molar-refractivity contribution is -0.149. The zero-order chi connectivity index (χ0) is 12.3. The highest BCUT2D eigenvalue weighted by molar-refractivity contribution is 5.83. The van der Waals surface area contributed by atoms with Crippen LogP contribution >= 0.6 is 0 Å². The van der Waals surface area contributed by atoms with Crippen LogP contribution in [0.25, 0.3) is 6.08 Å². The number of ether oxygens (including phenoxy) is 2. The highest BCUT2D eigenvalue weighted by Gasteiger charge is 2.29. The summed E-state index contributed by atoms with van der Waals surface area (Å²) in [5.74, 6) is 0.157. The maximum atomic E-state index is 11.7. The minimum absolute atomic E-state index is 0.224. The van der Waals surface area contributed by atoms with Crippen LogP contribution < -0.4 is 4.74 Å². The second kappa shape index (κ2) is 5.01. The molecule has 1 atom stereocenters. The number of para-hydroxylation sites is 1. The average molecular weight is 234 g/mol. The van der Waals surface area contributed by atoms with Gasteiger partial charge in [-0.2, -0.15) is 0 Å². The Bertz CT molecular complexity index is 450. The van der Waals surface area contributed by atoms with Gasteiger partial charge in [-0.1, -0.05) is 18.2 Å². The van der Waals surface area contributed by atoms with E-state index in [2.05, 4.69) is 0 Å². The molecule has 17 heavy (non-hydrogen) atoms. The summed E-state index contributed by atoms with van der Waals surface area (Å²) < 4.78 is 10.5. The second-order valence-electron chi connectivity index (χ2n) is 3.67. The third-order valence-corrected chi connectivity index (χ3v) is 2.52. The summed E-state index contributed by atoms with van der Waals surface area (Å²) in [6.07, 6.45) is 0.926. The van der Waals surface area contributed by atoms with Gasteiger partial charge in [0.2, 0.25) is 6.10 Å². The van der Waals surface area contributed by atoms with Gasteiger partial charge in [0.1, 0.15) is 5.75 Å². The molecule has 1 heterocycles. The summed E-state index contributed by atoms with van der Waals surface area (Å²) >= 11 is 0. The molecule has 1 aromatic rings. The molecule has 0 bridgehead atoms. The van der Waals surface area contributed by atoms with Crippen LogP contribution in [0.15, 0.2) is 29.8 Å². The lowest BCUT2D eigenvalue weighted by Crippen LogP contribution is -2.34. The minimum Gasteiger partial charge on any atom is -0.474 e. The maximum Gasteiger partial charge on any atom is 0.351 e. The fraction of sp³-hybridized carbons (Fsp3) is 0.308. The summed E-state index contributed by atoms with van der Waals surface area (Å²) in [4.78, 5) is 11.7. The van der Waals surface area contributed by atoms with Crippen LogP contribution in [-0.2, 0) is 9.53 Å². The summed E-state index contributed by atoms with van der Waals surface area (Å²) in [5.41, 5.74) is 1.37. The Morgan fingerprint density at radius 2 is 2.24 bits per heavy atom. The fourth-order valence-electron chi connectivity index (χ4n) is 1.73. The Morgan fingerprint density at radius 1 is 1.47 bits per heavy atom. The molecule has 0 aliphatic carbocycles. The third kappa shape index (κ3) is 2.31. The predicted octanol–water partition coefficient (Wildman–Crippen LogP) is 1.39. The van der Waals surface area contributed by atoms with E-state index < -0.39 is 12.1 Å². The van der Waals surface area contributed by atoms with Crippen molar-refractivity contribution in [2.75, 3.05) is 13.2 Å². The number of hydrogen-bond donors (Lipinski definition) is 1. The molecular formula is C13H14O4. The molecule has 0 aromatic heterocycles. The van der Waals surface area contributed by atoms with Crippen LogP contribution in [0.4, 0.5) is 0 Å². The summed E-state index contributed by atoms with van der Waals surface area (Å²) in [6, 6.07) is 7.36. The van der Waals surface area contributed by atoms with Crippen LogP contribution in [0.3, 0.4) is 0 Å². The average Bonchev–Trinajstić information content (AvgIpc) is 2.37. The first-order chi connectivity index (χ1) is 8.26. The number of aliphatic hydroxyl groups is 1. The van der Waals surface area contributed by atoms with Crippen molar-refractivity contribution in [1.82, 2.24) is 0 Å². The number of carbonyl (C=O) groups excluding carboxylic acids is 1. The van der Waals surface area contributed by atoms with Crippen molar-refractivity contribution in [1.29, 1.82) is 0 Å². The number of rotatable bonds is 3. The first kappa shape index (κ1) is 11.7. The second-order valence-corrected chi connectivity index (χ2v) is 3.67. The number of benzene rings is 1.